The molecule has 1 aromatic rings. The Bertz CT molecular complexity index is 679. The summed E-state index contributed by atoms with van der Waals surface area (Å²) >= 11 is 0. The lowest BCUT2D eigenvalue weighted by Gasteiger charge is -2.35. The van der Waals surface area contributed by atoms with Crippen molar-refractivity contribution in [3.8, 4) is 0 Å². The molecule has 0 bridgehead atoms. The first-order chi connectivity index (χ1) is 15.3. The van der Waals surface area contributed by atoms with E-state index >= 15 is 0 Å². The van der Waals surface area contributed by atoms with Crippen LogP contribution in [0.2, 0.25) is 0 Å². The topological polar surface area (TPSA) is 0 Å². The van der Waals surface area contributed by atoms with Crippen LogP contribution in [-0.2, 0) is 0 Å². The highest BCUT2D eigenvalue weighted by Crippen LogP contribution is 2.43. The lowest BCUT2D eigenvalue weighted by atomic mass is 9.70. The van der Waals surface area contributed by atoms with Crippen molar-refractivity contribution in [3.05, 3.63) is 60.2 Å². The number of allylic oxidation sites excluding steroid dienone is 3. The van der Waals surface area contributed by atoms with Crippen molar-refractivity contribution in [2.45, 2.75) is 109 Å². The molecule has 0 heteroatoms. The molecule has 2 unspecified atom stereocenters. The number of benzene rings is 1. The molecule has 2 saturated carbocycles. The molecule has 3 aliphatic rings. The minimum Gasteiger partial charge on any atom is -0.103 e. The molecule has 4 rings (SSSR count). The highest BCUT2D eigenvalue weighted by molar-refractivity contribution is 5.28. The van der Waals surface area contributed by atoms with Gasteiger partial charge in [0, 0.05) is 0 Å². The van der Waals surface area contributed by atoms with Crippen LogP contribution < -0.4 is 0 Å². The third kappa shape index (κ3) is 6.15. The van der Waals surface area contributed by atoms with E-state index in [1.165, 1.54) is 89.9 Å². The Labute approximate surface area is 192 Å². The van der Waals surface area contributed by atoms with Gasteiger partial charge in [-0.05, 0) is 124 Å². The van der Waals surface area contributed by atoms with Gasteiger partial charge in [-0.15, -0.1) is 6.58 Å². The maximum atomic E-state index is 3.88. The van der Waals surface area contributed by atoms with E-state index in [9.17, 15) is 0 Å². The number of hydrogen-bond acceptors (Lipinski definition) is 0. The van der Waals surface area contributed by atoms with Gasteiger partial charge in [0.2, 0.25) is 0 Å². The molecule has 0 N–H and O–H groups in total. The second-order valence-corrected chi connectivity index (χ2v) is 11.0. The average molecular weight is 419 g/mol. The molecule has 0 aliphatic heterocycles. The summed E-state index contributed by atoms with van der Waals surface area (Å²) in [6.07, 6.45) is 26.7. The minimum absolute atomic E-state index is 0.804. The zero-order valence-corrected chi connectivity index (χ0v) is 20.1. The van der Waals surface area contributed by atoms with Gasteiger partial charge in [0.05, 0.1) is 0 Å². The van der Waals surface area contributed by atoms with E-state index < -0.39 is 0 Å². The molecule has 0 saturated heterocycles. The Morgan fingerprint density at radius 3 is 1.87 bits per heavy atom. The largest absolute Gasteiger partial charge is 0.103 e. The van der Waals surface area contributed by atoms with Gasteiger partial charge < -0.3 is 0 Å². The third-order valence-corrected chi connectivity index (χ3v) is 9.04. The summed E-state index contributed by atoms with van der Waals surface area (Å²) in [5.41, 5.74) is 3.23. The predicted molar refractivity (Wildman–Crippen MR) is 136 cm³/mol. The summed E-state index contributed by atoms with van der Waals surface area (Å²) < 4.78 is 0. The highest BCUT2D eigenvalue weighted by atomic mass is 14.3. The lowest BCUT2D eigenvalue weighted by molar-refractivity contribution is 0.239. The first-order valence-corrected chi connectivity index (χ1v) is 13.7. The van der Waals surface area contributed by atoms with Gasteiger partial charge in [-0.1, -0.05) is 62.3 Å². The minimum atomic E-state index is 0.804. The molecule has 3 aliphatic carbocycles. The summed E-state index contributed by atoms with van der Waals surface area (Å²) in [5, 5.41) is 0. The van der Waals surface area contributed by atoms with Gasteiger partial charge in [-0.25, -0.2) is 0 Å². The van der Waals surface area contributed by atoms with Crippen LogP contribution in [-0.4, -0.2) is 0 Å². The second kappa shape index (κ2) is 11.5. The van der Waals surface area contributed by atoms with Gasteiger partial charge in [0.15, 0.2) is 0 Å². The van der Waals surface area contributed by atoms with Crippen molar-refractivity contribution in [1.82, 2.24) is 0 Å². The van der Waals surface area contributed by atoms with Gasteiger partial charge in [0.25, 0.3) is 0 Å². The van der Waals surface area contributed by atoms with Crippen molar-refractivity contribution >= 4 is 0 Å². The Morgan fingerprint density at radius 1 is 0.742 bits per heavy atom. The molecular weight excluding hydrogens is 372 g/mol. The Balaban J connectivity index is 1.24. The summed E-state index contributed by atoms with van der Waals surface area (Å²) in [5.74, 6) is 5.24. The van der Waals surface area contributed by atoms with E-state index in [0.29, 0.717) is 0 Å². The quantitative estimate of drug-likeness (QED) is 0.369. The molecule has 2 atom stereocenters. The fourth-order valence-electron chi connectivity index (χ4n) is 6.98. The Hall–Kier alpha value is -1.30. The van der Waals surface area contributed by atoms with Crippen molar-refractivity contribution in [2.75, 3.05) is 0 Å². The molecule has 0 spiro atoms. The van der Waals surface area contributed by atoms with Gasteiger partial charge >= 0.3 is 0 Å². The van der Waals surface area contributed by atoms with E-state index in [4.69, 9.17) is 0 Å². The van der Waals surface area contributed by atoms with Gasteiger partial charge in [-0.2, -0.15) is 0 Å². The zero-order chi connectivity index (χ0) is 21.5. The highest BCUT2D eigenvalue weighted by Gasteiger charge is 2.29. The molecule has 31 heavy (non-hydrogen) atoms. The van der Waals surface area contributed by atoms with Crippen LogP contribution in [0.4, 0.5) is 0 Å². The molecule has 170 valence electrons. The van der Waals surface area contributed by atoms with E-state index in [-0.39, 0.29) is 0 Å². The smallest absolute Gasteiger partial charge is 0.0162 e. The van der Waals surface area contributed by atoms with E-state index in [2.05, 4.69) is 56.0 Å². The predicted octanol–water partition coefficient (Wildman–Crippen LogP) is 9.58. The van der Waals surface area contributed by atoms with Crippen LogP contribution in [0.3, 0.4) is 0 Å². The van der Waals surface area contributed by atoms with Crippen LogP contribution in [0.25, 0.3) is 0 Å². The molecule has 0 heterocycles. The lowest BCUT2D eigenvalue weighted by Crippen LogP contribution is -2.22. The molecular formula is C31H46. The molecule has 0 radical (unpaired) electrons. The Morgan fingerprint density at radius 2 is 1.35 bits per heavy atom. The van der Waals surface area contributed by atoms with E-state index in [0.717, 1.165) is 35.5 Å². The van der Waals surface area contributed by atoms with Crippen molar-refractivity contribution in [3.63, 3.8) is 0 Å². The normalized spacial score (nSPS) is 33.8. The fourth-order valence-corrected chi connectivity index (χ4v) is 6.98. The summed E-state index contributed by atoms with van der Waals surface area (Å²) in [7, 11) is 0. The molecule has 0 nitrogen and oxygen atoms in total. The molecule has 0 amide bonds. The first-order valence-electron chi connectivity index (χ1n) is 13.7. The van der Waals surface area contributed by atoms with E-state index in [1.54, 1.807) is 11.1 Å². The second-order valence-electron chi connectivity index (χ2n) is 11.0. The zero-order valence-electron chi connectivity index (χ0n) is 20.1. The van der Waals surface area contributed by atoms with Crippen molar-refractivity contribution in [2.24, 2.45) is 23.7 Å². The van der Waals surface area contributed by atoms with E-state index in [1.807, 2.05) is 0 Å². The fraction of sp³-hybridized carbons (Fsp3) is 0.677. The SMILES string of the molecule is C=CCCC1C=CC(C2CCC(c3ccc(C4CCC(CCC)CC4)cc3)CC2)CC1. The molecule has 0 aromatic heterocycles. The molecule has 1 aromatic carbocycles. The third-order valence-electron chi connectivity index (χ3n) is 9.04. The van der Waals surface area contributed by atoms with Crippen LogP contribution in [0, 0.1) is 23.7 Å². The monoisotopic (exact) mass is 418 g/mol. The number of hydrogen-bond donors (Lipinski definition) is 0. The van der Waals surface area contributed by atoms with Crippen LogP contribution in [0.1, 0.15) is 120 Å². The number of rotatable bonds is 8. The Kier molecular flexibility index (Phi) is 8.51. The summed E-state index contributed by atoms with van der Waals surface area (Å²) in [4.78, 5) is 0. The van der Waals surface area contributed by atoms with Crippen molar-refractivity contribution < 1.29 is 0 Å². The van der Waals surface area contributed by atoms with Crippen molar-refractivity contribution in [1.29, 1.82) is 0 Å². The van der Waals surface area contributed by atoms with Crippen LogP contribution >= 0.6 is 0 Å². The maximum absolute atomic E-state index is 3.88. The summed E-state index contributed by atoms with van der Waals surface area (Å²) in [6, 6.07) is 9.95. The maximum Gasteiger partial charge on any atom is -0.0162 e. The first kappa shape index (κ1) is 22.9. The van der Waals surface area contributed by atoms with Crippen LogP contribution in [0.15, 0.2) is 49.1 Å². The van der Waals surface area contributed by atoms with Gasteiger partial charge in [-0.3, -0.25) is 0 Å². The van der Waals surface area contributed by atoms with Crippen LogP contribution in [0.5, 0.6) is 0 Å². The average Bonchev–Trinajstić information content (AvgIpc) is 2.84. The standard InChI is InChI=1S/C31H46/c1-3-5-7-25-10-14-27(15-11-25)29-18-22-31(23-19-29)30-20-16-28(17-21-30)26-12-8-24(6-4-2)9-13-26/h3,10,14,16-17,20-21,24-27,29,31H,1,4-9,11-13,15,18-19,22-23H2,2H3. The molecule has 2 fully saturated rings. The van der Waals surface area contributed by atoms with Gasteiger partial charge in [0.1, 0.15) is 0 Å². The summed E-state index contributed by atoms with van der Waals surface area (Å²) in [6.45, 7) is 6.22.